The molecule has 0 spiro atoms. The zero-order valence-corrected chi connectivity index (χ0v) is 17.0. The summed E-state index contributed by atoms with van der Waals surface area (Å²) in [5, 5.41) is 5.88. The van der Waals surface area contributed by atoms with Crippen LogP contribution < -0.4 is 5.43 Å². The monoisotopic (exact) mass is 419 g/mol. The van der Waals surface area contributed by atoms with Crippen LogP contribution in [-0.4, -0.2) is 16.7 Å². The third kappa shape index (κ3) is 3.98. The number of nitrogens with one attached hydrogen (secondary N) is 1. The molecule has 0 atom stereocenters. The van der Waals surface area contributed by atoms with Crippen molar-refractivity contribution in [2.75, 3.05) is 0 Å². The smallest absolute Gasteiger partial charge is 0.271 e. The van der Waals surface area contributed by atoms with Crippen LogP contribution in [0.5, 0.6) is 0 Å². The molecule has 0 unspecified atom stereocenters. The van der Waals surface area contributed by atoms with E-state index in [0.717, 1.165) is 32.7 Å². The number of fused-ring (bicyclic) bond motifs is 1. The van der Waals surface area contributed by atoms with E-state index in [1.807, 2.05) is 55.5 Å². The van der Waals surface area contributed by atoms with Crippen molar-refractivity contribution in [1.29, 1.82) is 0 Å². The topological polar surface area (TPSA) is 46.4 Å². The Hall–Kier alpha value is -3.44. The van der Waals surface area contributed by atoms with E-state index in [9.17, 15) is 9.18 Å². The molecule has 1 amide bonds. The van der Waals surface area contributed by atoms with Gasteiger partial charge in [0.2, 0.25) is 0 Å². The second-order valence-electron chi connectivity index (χ2n) is 6.90. The molecule has 0 saturated carbocycles. The zero-order valence-electron chi connectivity index (χ0n) is 16.3. The Kier molecular flexibility index (Phi) is 5.63. The molecule has 0 bridgehead atoms. The van der Waals surface area contributed by atoms with Gasteiger partial charge in [-0.05, 0) is 48.9 Å². The van der Waals surface area contributed by atoms with Crippen LogP contribution in [-0.2, 0) is 6.54 Å². The molecule has 0 fully saturated rings. The van der Waals surface area contributed by atoms with Crippen molar-refractivity contribution < 1.29 is 9.18 Å². The molecule has 4 nitrogen and oxygen atoms in total. The van der Waals surface area contributed by atoms with Crippen LogP contribution >= 0.6 is 11.6 Å². The van der Waals surface area contributed by atoms with Gasteiger partial charge < -0.3 is 4.57 Å². The van der Waals surface area contributed by atoms with Crippen molar-refractivity contribution in [2.45, 2.75) is 13.5 Å². The molecule has 0 aliphatic rings. The molecule has 4 rings (SSSR count). The first-order chi connectivity index (χ1) is 14.5. The van der Waals surface area contributed by atoms with Crippen LogP contribution in [0.1, 0.15) is 27.2 Å². The quantitative estimate of drug-likeness (QED) is 0.334. The van der Waals surface area contributed by atoms with Crippen molar-refractivity contribution in [2.24, 2.45) is 5.10 Å². The second kappa shape index (κ2) is 8.51. The van der Waals surface area contributed by atoms with Gasteiger partial charge in [-0.25, -0.2) is 9.82 Å². The minimum atomic E-state index is -0.399. The van der Waals surface area contributed by atoms with E-state index < -0.39 is 11.7 Å². The summed E-state index contributed by atoms with van der Waals surface area (Å²) in [6.45, 7) is 2.64. The van der Waals surface area contributed by atoms with E-state index in [-0.39, 0.29) is 0 Å². The molecule has 0 radical (unpaired) electrons. The Balaban J connectivity index is 1.63. The third-order valence-corrected chi connectivity index (χ3v) is 5.40. The minimum Gasteiger partial charge on any atom is -0.340 e. The number of para-hydroxylation sites is 1. The molecule has 0 saturated heterocycles. The van der Waals surface area contributed by atoms with Gasteiger partial charge in [0, 0.05) is 39.3 Å². The van der Waals surface area contributed by atoms with Crippen molar-refractivity contribution in [3.8, 4) is 0 Å². The van der Waals surface area contributed by atoms with Gasteiger partial charge in [0.15, 0.2) is 0 Å². The highest BCUT2D eigenvalue weighted by molar-refractivity contribution is 6.31. The highest BCUT2D eigenvalue weighted by Crippen LogP contribution is 2.27. The summed E-state index contributed by atoms with van der Waals surface area (Å²) in [5.74, 6) is -0.791. The summed E-state index contributed by atoms with van der Waals surface area (Å²) in [6, 6.07) is 21.1. The van der Waals surface area contributed by atoms with Crippen LogP contribution in [0.3, 0.4) is 0 Å². The number of hydrazone groups is 1. The van der Waals surface area contributed by atoms with Crippen LogP contribution in [0.15, 0.2) is 77.9 Å². The van der Waals surface area contributed by atoms with Crippen molar-refractivity contribution in [3.05, 3.63) is 106 Å². The lowest BCUT2D eigenvalue weighted by atomic mass is 10.1. The number of carbonyl (C=O) groups excluding carboxylic acids is 1. The lowest BCUT2D eigenvalue weighted by Gasteiger charge is -2.10. The maximum absolute atomic E-state index is 13.0. The summed E-state index contributed by atoms with van der Waals surface area (Å²) < 4.78 is 15.2. The molecule has 0 aliphatic carbocycles. The zero-order chi connectivity index (χ0) is 21.1. The molecular weight excluding hydrogens is 401 g/mol. The maximum atomic E-state index is 13.0. The van der Waals surface area contributed by atoms with E-state index in [0.29, 0.717) is 12.1 Å². The fraction of sp³-hybridized carbons (Fsp3) is 0.0833. The molecule has 0 aliphatic heterocycles. The van der Waals surface area contributed by atoms with Gasteiger partial charge >= 0.3 is 0 Å². The van der Waals surface area contributed by atoms with Crippen molar-refractivity contribution in [1.82, 2.24) is 9.99 Å². The van der Waals surface area contributed by atoms with Gasteiger partial charge in [-0.1, -0.05) is 48.0 Å². The second-order valence-corrected chi connectivity index (χ2v) is 7.31. The molecule has 1 heterocycles. The Morgan fingerprint density at radius 1 is 1.07 bits per heavy atom. The van der Waals surface area contributed by atoms with E-state index in [1.165, 1.54) is 24.3 Å². The fourth-order valence-electron chi connectivity index (χ4n) is 3.44. The van der Waals surface area contributed by atoms with Gasteiger partial charge in [-0.2, -0.15) is 5.10 Å². The molecule has 1 aromatic heterocycles. The minimum absolute atomic E-state index is 0.339. The summed E-state index contributed by atoms with van der Waals surface area (Å²) in [6.07, 6.45) is 1.64. The predicted molar refractivity (Wildman–Crippen MR) is 119 cm³/mol. The van der Waals surface area contributed by atoms with Crippen LogP contribution in [0.25, 0.3) is 10.9 Å². The standard InChI is InChI=1S/C24H19ClFN3O/c1-16-21(14-27-28-24(30)17-10-12-19(26)13-11-17)20-7-3-5-9-23(20)29(16)15-18-6-2-4-8-22(18)25/h2-14H,15H2,1H3,(H,28,30)/b27-14-. The van der Waals surface area contributed by atoms with E-state index >= 15 is 0 Å². The molecular formula is C24H19ClFN3O. The number of amides is 1. The van der Waals surface area contributed by atoms with Crippen molar-refractivity contribution >= 4 is 34.6 Å². The van der Waals surface area contributed by atoms with Crippen LogP contribution in [0.4, 0.5) is 4.39 Å². The predicted octanol–water partition coefficient (Wildman–Crippen LogP) is 5.55. The van der Waals surface area contributed by atoms with Crippen LogP contribution in [0, 0.1) is 12.7 Å². The Morgan fingerprint density at radius 3 is 2.53 bits per heavy atom. The highest BCUT2D eigenvalue weighted by Gasteiger charge is 2.14. The largest absolute Gasteiger partial charge is 0.340 e. The molecule has 6 heteroatoms. The molecule has 4 aromatic rings. The van der Waals surface area contributed by atoms with Gasteiger partial charge in [0.05, 0.1) is 6.21 Å². The van der Waals surface area contributed by atoms with Gasteiger partial charge in [-0.3, -0.25) is 4.79 Å². The Labute approximate surface area is 178 Å². The number of hydrogen-bond acceptors (Lipinski definition) is 2. The fourth-order valence-corrected chi connectivity index (χ4v) is 3.64. The molecule has 3 aromatic carbocycles. The first kappa shape index (κ1) is 19.9. The maximum Gasteiger partial charge on any atom is 0.271 e. The number of aromatic nitrogens is 1. The first-order valence-corrected chi connectivity index (χ1v) is 9.82. The third-order valence-electron chi connectivity index (χ3n) is 5.03. The number of hydrogen-bond donors (Lipinski definition) is 1. The lowest BCUT2D eigenvalue weighted by molar-refractivity contribution is 0.0955. The Bertz CT molecular complexity index is 1250. The Morgan fingerprint density at radius 2 is 1.77 bits per heavy atom. The van der Waals surface area contributed by atoms with Crippen LogP contribution in [0.2, 0.25) is 5.02 Å². The summed E-state index contributed by atoms with van der Waals surface area (Å²) in [7, 11) is 0. The lowest BCUT2D eigenvalue weighted by Crippen LogP contribution is -2.17. The summed E-state index contributed by atoms with van der Waals surface area (Å²) in [4.78, 5) is 12.2. The van der Waals surface area contributed by atoms with E-state index in [4.69, 9.17) is 11.6 Å². The number of rotatable bonds is 5. The SMILES string of the molecule is Cc1c(/C=N\NC(=O)c2ccc(F)cc2)c2ccccc2n1Cc1ccccc1Cl. The summed E-state index contributed by atoms with van der Waals surface area (Å²) in [5.41, 5.74) is 6.85. The van der Waals surface area contributed by atoms with Crippen molar-refractivity contribution in [3.63, 3.8) is 0 Å². The normalized spacial score (nSPS) is 11.3. The van der Waals surface area contributed by atoms with Gasteiger partial charge in [0.25, 0.3) is 5.91 Å². The average molecular weight is 420 g/mol. The highest BCUT2D eigenvalue weighted by atomic mass is 35.5. The van der Waals surface area contributed by atoms with Gasteiger partial charge in [0.1, 0.15) is 5.82 Å². The molecule has 30 heavy (non-hydrogen) atoms. The first-order valence-electron chi connectivity index (χ1n) is 9.45. The number of benzene rings is 3. The average Bonchev–Trinajstić information content (AvgIpc) is 3.01. The number of nitrogens with zero attached hydrogens (tertiary/aromatic N) is 2. The van der Waals surface area contributed by atoms with Gasteiger partial charge in [-0.15, -0.1) is 0 Å². The van der Waals surface area contributed by atoms with E-state index in [1.54, 1.807) is 6.21 Å². The summed E-state index contributed by atoms with van der Waals surface area (Å²) >= 11 is 6.36. The molecule has 150 valence electrons. The molecule has 1 N–H and O–H groups in total. The number of halogens is 2. The number of carbonyl (C=O) groups is 1. The van der Waals surface area contributed by atoms with E-state index in [2.05, 4.69) is 15.1 Å².